The van der Waals surface area contributed by atoms with Gasteiger partial charge in [-0.2, -0.15) is 9.78 Å². The van der Waals surface area contributed by atoms with E-state index < -0.39 is 0 Å². The average molecular weight is 371 g/mol. The van der Waals surface area contributed by atoms with Gasteiger partial charge >= 0.3 is 0 Å². The first kappa shape index (κ1) is 18.6. The molecule has 2 N–H and O–H groups in total. The van der Waals surface area contributed by atoms with Crippen LogP contribution in [0.25, 0.3) is 17.4 Å². The molecule has 9 nitrogen and oxygen atoms in total. The fourth-order valence-corrected chi connectivity index (χ4v) is 2.53. The molecule has 3 aromatic heterocycles. The number of furan rings is 1. The Balaban J connectivity index is 2.02. The van der Waals surface area contributed by atoms with E-state index in [1.165, 1.54) is 17.0 Å². The van der Waals surface area contributed by atoms with Gasteiger partial charge in [0.05, 0.1) is 6.26 Å². The number of aromatic amines is 1. The highest BCUT2D eigenvalue weighted by atomic mass is 16.5. The third-order valence-electron chi connectivity index (χ3n) is 3.68. The van der Waals surface area contributed by atoms with Gasteiger partial charge in [-0.15, -0.1) is 0 Å². The Hall–Kier alpha value is -3.20. The van der Waals surface area contributed by atoms with E-state index >= 15 is 0 Å². The molecule has 1 amide bonds. The van der Waals surface area contributed by atoms with Crippen LogP contribution in [0.3, 0.4) is 0 Å². The number of H-pyrrole nitrogens is 1. The number of anilines is 1. The summed E-state index contributed by atoms with van der Waals surface area (Å²) in [5, 5.41) is 7.16. The van der Waals surface area contributed by atoms with Gasteiger partial charge in [-0.25, -0.2) is 4.98 Å². The largest absolute Gasteiger partial charge is 0.463 e. The molecule has 3 aromatic rings. The maximum Gasteiger partial charge on any atom is 0.252 e. The van der Waals surface area contributed by atoms with Crippen LogP contribution in [0.2, 0.25) is 0 Å². The number of ether oxygens (including phenoxy) is 1. The second-order valence-electron chi connectivity index (χ2n) is 5.80. The van der Waals surface area contributed by atoms with Crippen molar-refractivity contribution in [2.45, 2.75) is 26.7 Å². The molecule has 142 valence electrons. The molecular weight excluding hydrogens is 350 g/mol. The van der Waals surface area contributed by atoms with Crippen molar-refractivity contribution >= 4 is 11.7 Å². The lowest BCUT2D eigenvalue weighted by Gasteiger charge is -2.09. The third kappa shape index (κ3) is 4.50. The quantitative estimate of drug-likeness (QED) is 0.627. The first-order valence-corrected chi connectivity index (χ1v) is 8.72. The molecule has 3 rings (SSSR count). The van der Waals surface area contributed by atoms with Crippen molar-refractivity contribution in [3.05, 3.63) is 46.6 Å². The molecule has 0 aliphatic carbocycles. The van der Waals surface area contributed by atoms with E-state index in [0.717, 1.165) is 6.42 Å². The number of aryl methyl sites for hydroxylation is 1. The zero-order valence-corrected chi connectivity index (χ0v) is 15.2. The van der Waals surface area contributed by atoms with E-state index in [0.29, 0.717) is 36.0 Å². The van der Waals surface area contributed by atoms with Gasteiger partial charge in [0, 0.05) is 24.4 Å². The first-order valence-electron chi connectivity index (χ1n) is 8.72. The van der Waals surface area contributed by atoms with Crippen LogP contribution >= 0.6 is 0 Å². The first-order chi connectivity index (χ1) is 13.1. The Morgan fingerprint density at radius 1 is 1.37 bits per heavy atom. The summed E-state index contributed by atoms with van der Waals surface area (Å²) in [7, 11) is 0. The van der Waals surface area contributed by atoms with E-state index in [-0.39, 0.29) is 24.0 Å². The maximum atomic E-state index is 12.1. The van der Waals surface area contributed by atoms with Crippen LogP contribution in [0, 0.1) is 0 Å². The number of rotatable bonds is 8. The second kappa shape index (κ2) is 8.45. The number of hydrogen-bond donors (Lipinski definition) is 2. The van der Waals surface area contributed by atoms with Crippen molar-refractivity contribution in [2.24, 2.45) is 0 Å². The summed E-state index contributed by atoms with van der Waals surface area (Å²) in [5.41, 5.74) is 0.859. The van der Waals surface area contributed by atoms with Crippen molar-refractivity contribution in [3.8, 4) is 17.4 Å². The van der Waals surface area contributed by atoms with E-state index in [9.17, 15) is 9.59 Å². The Kier molecular flexibility index (Phi) is 5.82. The number of hydrogen-bond acceptors (Lipinski definition) is 6. The molecular formula is C18H21N5O4. The molecule has 0 saturated carbocycles. The number of amides is 1. The van der Waals surface area contributed by atoms with Gasteiger partial charge in [-0.1, -0.05) is 13.3 Å². The summed E-state index contributed by atoms with van der Waals surface area (Å²) < 4.78 is 11.9. The van der Waals surface area contributed by atoms with Crippen LogP contribution in [0.4, 0.5) is 5.82 Å². The molecule has 27 heavy (non-hydrogen) atoms. The Labute approximate surface area is 155 Å². The molecule has 0 atom stereocenters. The number of aromatic nitrogens is 4. The summed E-state index contributed by atoms with van der Waals surface area (Å²) in [4.78, 5) is 31.2. The van der Waals surface area contributed by atoms with E-state index in [2.05, 4.69) is 20.4 Å². The lowest BCUT2D eigenvalue weighted by atomic mass is 10.2. The van der Waals surface area contributed by atoms with Crippen LogP contribution in [-0.4, -0.2) is 38.9 Å². The highest BCUT2D eigenvalue weighted by Gasteiger charge is 2.17. The van der Waals surface area contributed by atoms with Gasteiger partial charge in [0.2, 0.25) is 5.95 Å². The monoisotopic (exact) mass is 371 g/mol. The lowest BCUT2D eigenvalue weighted by molar-refractivity contribution is -0.120. The second-order valence-corrected chi connectivity index (χ2v) is 5.80. The SMILES string of the molecule is CCCc1cc(=O)[nH]c(-n2nc(-c3ccco3)cc2NC(=O)COCC)n1. The van der Waals surface area contributed by atoms with Crippen molar-refractivity contribution in [1.82, 2.24) is 19.7 Å². The predicted octanol–water partition coefficient (Wildman–Crippen LogP) is 2.14. The summed E-state index contributed by atoms with van der Waals surface area (Å²) in [6, 6.07) is 6.60. The fraction of sp³-hybridized carbons (Fsp3) is 0.333. The third-order valence-corrected chi connectivity index (χ3v) is 3.68. The van der Waals surface area contributed by atoms with Crippen molar-refractivity contribution in [2.75, 3.05) is 18.5 Å². The van der Waals surface area contributed by atoms with E-state index in [1.807, 2.05) is 6.92 Å². The van der Waals surface area contributed by atoms with E-state index in [4.69, 9.17) is 9.15 Å². The van der Waals surface area contributed by atoms with Crippen molar-refractivity contribution in [1.29, 1.82) is 0 Å². The van der Waals surface area contributed by atoms with Gasteiger partial charge in [0.25, 0.3) is 11.5 Å². The molecule has 0 saturated heterocycles. The normalized spacial score (nSPS) is 10.9. The van der Waals surface area contributed by atoms with Crippen LogP contribution in [-0.2, 0) is 16.0 Å². The highest BCUT2D eigenvalue weighted by Crippen LogP contribution is 2.24. The maximum absolute atomic E-state index is 12.1. The van der Waals surface area contributed by atoms with Gasteiger partial charge < -0.3 is 14.5 Å². The predicted molar refractivity (Wildman–Crippen MR) is 98.8 cm³/mol. The molecule has 0 spiro atoms. The summed E-state index contributed by atoms with van der Waals surface area (Å²) >= 11 is 0. The topological polar surface area (TPSA) is 115 Å². The summed E-state index contributed by atoms with van der Waals surface area (Å²) in [5.74, 6) is 0.760. The van der Waals surface area contributed by atoms with Crippen LogP contribution < -0.4 is 10.9 Å². The van der Waals surface area contributed by atoms with Gasteiger partial charge in [0.15, 0.2) is 5.76 Å². The smallest absolute Gasteiger partial charge is 0.252 e. The minimum Gasteiger partial charge on any atom is -0.463 e. The molecule has 0 aliphatic rings. The standard InChI is InChI=1S/C18H21N5O4/c1-3-6-12-9-16(24)21-18(19-12)23-15(20-17(25)11-26-4-2)10-13(22-23)14-7-5-8-27-14/h5,7-10H,3-4,6,11H2,1-2H3,(H,20,25)(H,19,21,24). The summed E-state index contributed by atoms with van der Waals surface area (Å²) in [6.45, 7) is 4.15. The van der Waals surface area contributed by atoms with Crippen molar-refractivity contribution < 1.29 is 13.9 Å². The number of nitrogens with zero attached hydrogens (tertiary/aromatic N) is 3. The van der Waals surface area contributed by atoms with Crippen LogP contribution in [0.5, 0.6) is 0 Å². The highest BCUT2D eigenvalue weighted by molar-refractivity contribution is 5.91. The van der Waals surface area contributed by atoms with Crippen LogP contribution in [0.1, 0.15) is 26.0 Å². The molecule has 9 heteroatoms. The fourth-order valence-electron chi connectivity index (χ4n) is 2.53. The van der Waals surface area contributed by atoms with Gasteiger partial charge in [-0.3, -0.25) is 14.6 Å². The Bertz CT molecular complexity index is 959. The Morgan fingerprint density at radius 2 is 2.22 bits per heavy atom. The van der Waals surface area contributed by atoms with Crippen LogP contribution in [0.15, 0.2) is 39.7 Å². The minimum atomic E-state index is -0.337. The molecule has 0 bridgehead atoms. The lowest BCUT2D eigenvalue weighted by Crippen LogP contribution is -2.22. The van der Waals surface area contributed by atoms with Crippen molar-refractivity contribution in [3.63, 3.8) is 0 Å². The molecule has 0 aliphatic heterocycles. The molecule has 3 heterocycles. The van der Waals surface area contributed by atoms with E-state index in [1.54, 1.807) is 25.1 Å². The molecule has 0 radical (unpaired) electrons. The zero-order valence-electron chi connectivity index (χ0n) is 15.2. The number of carbonyl (C=O) groups is 1. The summed E-state index contributed by atoms with van der Waals surface area (Å²) in [6.07, 6.45) is 3.05. The van der Waals surface area contributed by atoms with Gasteiger partial charge in [-0.05, 0) is 25.5 Å². The molecule has 0 aromatic carbocycles. The molecule has 0 fully saturated rings. The van der Waals surface area contributed by atoms with Gasteiger partial charge in [0.1, 0.15) is 18.1 Å². The minimum absolute atomic E-state index is 0.0857. The molecule has 0 unspecified atom stereocenters. The number of carbonyl (C=O) groups excluding carboxylic acids is 1. The Morgan fingerprint density at radius 3 is 2.93 bits per heavy atom. The zero-order chi connectivity index (χ0) is 19.2. The number of nitrogens with one attached hydrogen (secondary N) is 2. The average Bonchev–Trinajstić information content (AvgIpc) is 3.29.